The Bertz CT molecular complexity index is 455. The van der Waals surface area contributed by atoms with Gasteiger partial charge in [0.2, 0.25) is 0 Å². The van der Waals surface area contributed by atoms with Gasteiger partial charge in [-0.05, 0) is 54.4 Å². The molecule has 1 aromatic carbocycles. The number of halogens is 1. The topological polar surface area (TPSA) is 0 Å². The van der Waals surface area contributed by atoms with Crippen LogP contribution in [0.1, 0.15) is 43.4 Å². The third kappa shape index (κ3) is 2.74. The fourth-order valence-electron chi connectivity index (χ4n) is 2.74. The third-order valence-electron chi connectivity index (χ3n) is 3.75. The first-order chi connectivity index (χ1) is 7.89. The Balaban J connectivity index is 2.43. The summed E-state index contributed by atoms with van der Waals surface area (Å²) < 4.78 is 0. The summed E-state index contributed by atoms with van der Waals surface area (Å²) in [5, 5.41) is 0.175. The van der Waals surface area contributed by atoms with Crippen molar-refractivity contribution in [1.29, 1.82) is 0 Å². The van der Waals surface area contributed by atoms with Crippen molar-refractivity contribution in [2.75, 3.05) is 0 Å². The lowest BCUT2D eigenvalue weighted by Gasteiger charge is -2.33. The molecule has 0 aromatic heterocycles. The minimum atomic E-state index is 0.175. The van der Waals surface area contributed by atoms with Gasteiger partial charge in [-0.2, -0.15) is 0 Å². The van der Waals surface area contributed by atoms with Gasteiger partial charge in [0.25, 0.3) is 0 Å². The predicted molar refractivity (Wildman–Crippen MR) is 76.5 cm³/mol. The molecule has 1 heteroatoms. The molecule has 0 heterocycles. The van der Waals surface area contributed by atoms with Gasteiger partial charge in [0.05, 0.1) is 5.38 Å². The molecule has 0 N–H and O–H groups in total. The zero-order chi connectivity index (χ0) is 12.6. The van der Waals surface area contributed by atoms with Crippen LogP contribution in [-0.2, 0) is 0 Å². The summed E-state index contributed by atoms with van der Waals surface area (Å²) in [6.07, 6.45) is 4.44. The molecule has 0 saturated carbocycles. The van der Waals surface area contributed by atoms with Crippen LogP contribution in [-0.4, -0.2) is 5.38 Å². The van der Waals surface area contributed by atoms with E-state index in [1.54, 1.807) is 0 Å². The summed E-state index contributed by atoms with van der Waals surface area (Å²) in [5.74, 6) is 0. The van der Waals surface area contributed by atoms with Crippen LogP contribution in [0.25, 0.3) is 5.57 Å². The molecule has 92 valence electrons. The maximum atomic E-state index is 6.36. The average molecular weight is 249 g/mol. The molecular weight excluding hydrogens is 228 g/mol. The van der Waals surface area contributed by atoms with E-state index in [2.05, 4.69) is 52.0 Å². The molecule has 1 aliphatic carbocycles. The summed E-state index contributed by atoms with van der Waals surface area (Å²) in [4.78, 5) is 0. The Morgan fingerprint density at radius 3 is 2.59 bits per heavy atom. The lowest BCUT2D eigenvalue weighted by molar-refractivity contribution is 0.340. The summed E-state index contributed by atoms with van der Waals surface area (Å²) in [6, 6.07) is 6.54. The highest BCUT2D eigenvalue weighted by Crippen LogP contribution is 2.42. The normalized spacial score (nSPS) is 23.4. The van der Waals surface area contributed by atoms with Crippen molar-refractivity contribution in [2.24, 2.45) is 5.41 Å². The van der Waals surface area contributed by atoms with Gasteiger partial charge in [-0.25, -0.2) is 0 Å². The van der Waals surface area contributed by atoms with Crippen molar-refractivity contribution in [2.45, 2.75) is 45.9 Å². The molecular formula is C16H21Cl. The van der Waals surface area contributed by atoms with Crippen LogP contribution in [0, 0.1) is 19.3 Å². The molecule has 0 saturated heterocycles. The van der Waals surface area contributed by atoms with Gasteiger partial charge in [0.1, 0.15) is 0 Å². The Morgan fingerprint density at radius 1 is 1.24 bits per heavy atom. The predicted octanol–water partition coefficient (Wildman–Crippen LogP) is 5.11. The van der Waals surface area contributed by atoms with Crippen LogP contribution in [0.4, 0.5) is 0 Å². The Kier molecular flexibility index (Phi) is 3.36. The monoisotopic (exact) mass is 248 g/mol. The van der Waals surface area contributed by atoms with Crippen molar-refractivity contribution >= 4 is 17.2 Å². The van der Waals surface area contributed by atoms with E-state index in [4.69, 9.17) is 11.6 Å². The molecule has 0 radical (unpaired) electrons. The highest BCUT2D eigenvalue weighted by Gasteiger charge is 2.28. The highest BCUT2D eigenvalue weighted by molar-refractivity contribution is 6.22. The Labute approximate surface area is 110 Å². The lowest BCUT2D eigenvalue weighted by Crippen LogP contribution is -2.22. The fourth-order valence-corrected chi connectivity index (χ4v) is 3.31. The van der Waals surface area contributed by atoms with Gasteiger partial charge in [-0.3, -0.25) is 0 Å². The van der Waals surface area contributed by atoms with Gasteiger partial charge in [-0.1, -0.05) is 38.1 Å². The van der Waals surface area contributed by atoms with E-state index >= 15 is 0 Å². The molecule has 2 rings (SSSR count). The van der Waals surface area contributed by atoms with Crippen molar-refractivity contribution < 1.29 is 0 Å². The molecule has 17 heavy (non-hydrogen) atoms. The maximum absolute atomic E-state index is 6.36. The highest BCUT2D eigenvalue weighted by atomic mass is 35.5. The van der Waals surface area contributed by atoms with Gasteiger partial charge in [-0.15, -0.1) is 11.6 Å². The van der Waals surface area contributed by atoms with Crippen LogP contribution in [0.15, 0.2) is 24.3 Å². The SMILES string of the molecule is Cc1cccc(C2=CC(Cl)CC(C)(C)C2)c1C. The average Bonchev–Trinajstić information content (AvgIpc) is 2.19. The zero-order valence-corrected chi connectivity index (χ0v) is 11.9. The molecule has 0 nitrogen and oxygen atoms in total. The fraction of sp³-hybridized carbons (Fsp3) is 0.500. The summed E-state index contributed by atoms with van der Waals surface area (Å²) in [6.45, 7) is 8.99. The van der Waals surface area contributed by atoms with Crippen molar-refractivity contribution in [1.82, 2.24) is 0 Å². The molecule has 1 atom stereocenters. The van der Waals surface area contributed by atoms with E-state index in [0.717, 1.165) is 12.8 Å². The van der Waals surface area contributed by atoms with E-state index in [9.17, 15) is 0 Å². The summed E-state index contributed by atoms with van der Waals surface area (Å²) in [5.41, 5.74) is 5.86. The molecule has 0 bridgehead atoms. The zero-order valence-electron chi connectivity index (χ0n) is 11.2. The summed E-state index contributed by atoms with van der Waals surface area (Å²) >= 11 is 6.36. The maximum Gasteiger partial charge on any atom is 0.0527 e. The smallest absolute Gasteiger partial charge is 0.0527 e. The van der Waals surface area contributed by atoms with Crippen LogP contribution in [0.5, 0.6) is 0 Å². The number of hydrogen-bond acceptors (Lipinski definition) is 0. The molecule has 1 aromatic rings. The lowest BCUT2D eigenvalue weighted by atomic mass is 9.74. The summed E-state index contributed by atoms with van der Waals surface area (Å²) in [7, 11) is 0. The van der Waals surface area contributed by atoms with Crippen molar-refractivity contribution in [3.8, 4) is 0 Å². The van der Waals surface area contributed by atoms with Crippen molar-refractivity contribution in [3.05, 3.63) is 41.0 Å². The molecule has 1 aliphatic rings. The second kappa shape index (κ2) is 4.49. The van der Waals surface area contributed by atoms with Gasteiger partial charge in [0.15, 0.2) is 0 Å². The number of hydrogen-bond donors (Lipinski definition) is 0. The number of alkyl halides is 1. The number of aryl methyl sites for hydroxylation is 1. The quantitative estimate of drug-likeness (QED) is 0.606. The molecule has 0 spiro atoms. The number of rotatable bonds is 1. The van der Waals surface area contributed by atoms with Gasteiger partial charge < -0.3 is 0 Å². The number of benzene rings is 1. The van der Waals surface area contributed by atoms with E-state index < -0.39 is 0 Å². The van der Waals surface area contributed by atoms with E-state index in [0.29, 0.717) is 5.41 Å². The Morgan fingerprint density at radius 2 is 1.94 bits per heavy atom. The van der Waals surface area contributed by atoms with E-state index in [1.165, 1.54) is 22.3 Å². The minimum absolute atomic E-state index is 0.175. The van der Waals surface area contributed by atoms with E-state index in [-0.39, 0.29) is 5.38 Å². The van der Waals surface area contributed by atoms with Crippen LogP contribution < -0.4 is 0 Å². The van der Waals surface area contributed by atoms with Crippen molar-refractivity contribution in [3.63, 3.8) is 0 Å². The first kappa shape index (κ1) is 12.7. The van der Waals surface area contributed by atoms with Crippen LogP contribution in [0.2, 0.25) is 0 Å². The van der Waals surface area contributed by atoms with Crippen LogP contribution >= 0.6 is 11.6 Å². The standard InChI is InChI=1S/C16H21Cl/c1-11-6-5-7-15(12(11)2)13-8-14(17)10-16(3,4)9-13/h5-8,14H,9-10H2,1-4H3. The molecule has 0 fully saturated rings. The molecule has 0 aliphatic heterocycles. The van der Waals surface area contributed by atoms with E-state index in [1.807, 2.05) is 0 Å². The number of allylic oxidation sites excluding steroid dienone is 2. The minimum Gasteiger partial charge on any atom is -0.118 e. The first-order valence-corrected chi connectivity index (χ1v) is 6.74. The molecule has 0 amide bonds. The first-order valence-electron chi connectivity index (χ1n) is 6.30. The van der Waals surface area contributed by atoms with Gasteiger partial charge in [0, 0.05) is 0 Å². The largest absolute Gasteiger partial charge is 0.118 e. The second-order valence-electron chi connectivity index (χ2n) is 6.00. The Hall–Kier alpha value is -0.750. The van der Waals surface area contributed by atoms with Crippen LogP contribution in [0.3, 0.4) is 0 Å². The third-order valence-corrected chi connectivity index (χ3v) is 4.03. The van der Waals surface area contributed by atoms with Gasteiger partial charge >= 0.3 is 0 Å². The molecule has 1 unspecified atom stereocenters. The second-order valence-corrected chi connectivity index (χ2v) is 6.56.